The van der Waals surface area contributed by atoms with Gasteiger partial charge in [0.05, 0.1) is 32.0 Å². The molecule has 6 nitrogen and oxygen atoms in total. The van der Waals surface area contributed by atoms with Crippen LogP contribution in [0.1, 0.15) is 5.69 Å². The third-order valence-electron chi connectivity index (χ3n) is 4.45. The van der Waals surface area contributed by atoms with Crippen molar-refractivity contribution in [1.82, 2.24) is 9.38 Å². The summed E-state index contributed by atoms with van der Waals surface area (Å²) in [6.45, 7) is 0. The molecule has 0 spiro atoms. The van der Waals surface area contributed by atoms with Crippen LogP contribution in [0.15, 0.2) is 54.0 Å². The molecule has 0 aliphatic carbocycles. The van der Waals surface area contributed by atoms with Crippen LogP contribution in [-0.2, 0) is 11.2 Å². The average molecular weight is 411 g/mol. The van der Waals surface area contributed by atoms with Gasteiger partial charge in [0.2, 0.25) is 5.91 Å². The molecule has 1 N–H and O–H groups in total. The second-order valence-corrected chi connectivity index (χ2v) is 7.12. The summed E-state index contributed by atoms with van der Waals surface area (Å²) in [5.41, 5.74) is 2.58. The fourth-order valence-corrected chi connectivity index (χ4v) is 3.89. The van der Waals surface area contributed by atoms with E-state index in [1.54, 1.807) is 26.4 Å². The molecule has 0 radical (unpaired) electrons. The average Bonchev–Trinajstić information content (AvgIpc) is 3.31. The third kappa shape index (κ3) is 3.79. The van der Waals surface area contributed by atoms with Crippen molar-refractivity contribution >= 4 is 27.9 Å². The van der Waals surface area contributed by atoms with Gasteiger partial charge >= 0.3 is 0 Å². The van der Waals surface area contributed by atoms with Crippen molar-refractivity contribution in [3.05, 3.63) is 65.6 Å². The number of hydrogen-bond donors (Lipinski definition) is 1. The van der Waals surface area contributed by atoms with Crippen LogP contribution in [0, 0.1) is 5.82 Å². The zero-order valence-corrected chi connectivity index (χ0v) is 16.6. The van der Waals surface area contributed by atoms with Crippen molar-refractivity contribution in [2.75, 3.05) is 19.5 Å². The summed E-state index contributed by atoms with van der Waals surface area (Å²) in [5.74, 6) is 0.500. The number of ether oxygens (including phenoxy) is 2. The fourth-order valence-electron chi connectivity index (χ4n) is 3.01. The molecule has 4 rings (SSSR count). The minimum atomic E-state index is -0.463. The Morgan fingerprint density at radius 1 is 1.17 bits per heavy atom. The molecular weight excluding hydrogens is 393 g/mol. The number of benzene rings is 2. The van der Waals surface area contributed by atoms with Crippen LogP contribution >= 0.6 is 11.3 Å². The molecule has 1 amide bonds. The van der Waals surface area contributed by atoms with Gasteiger partial charge in [-0.15, -0.1) is 11.3 Å². The monoisotopic (exact) mass is 411 g/mol. The van der Waals surface area contributed by atoms with Gasteiger partial charge in [0.1, 0.15) is 5.82 Å². The lowest BCUT2D eigenvalue weighted by molar-refractivity contribution is -0.115. The lowest BCUT2D eigenvalue weighted by Gasteiger charge is -2.08. The molecule has 8 heteroatoms. The Bertz CT molecular complexity index is 1190. The Balaban J connectivity index is 1.58. The first-order chi connectivity index (χ1) is 14.1. The van der Waals surface area contributed by atoms with E-state index < -0.39 is 5.82 Å². The Kier molecular flexibility index (Phi) is 5.18. The lowest BCUT2D eigenvalue weighted by atomic mass is 10.1. The van der Waals surface area contributed by atoms with E-state index in [0.29, 0.717) is 11.5 Å². The van der Waals surface area contributed by atoms with Crippen molar-refractivity contribution in [2.45, 2.75) is 6.42 Å². The Morgan fingerprint density at radius 2 is 1.97 bits per heavy atom. The molecular formula is C21H18FN3O3S. The molecule has 29 heavy (non-hydrogen) atoms. The van der Waals surface area contributed by atoms with Crippen LogP contribution in [0.2, 0.25) is 0 Å². The van der Waals surface area contributed by atoms with E-state index in [1.165, 1.54) is 23.5 Å². The standard InChI is InChI=1S/C21H18FN3O3S/c1-27-18-8-7-13(9-19(18)28-2)17-11-25-14(12-29-21(25)24-17)10-20(26)23-16-6-4-3-5-15(16)22/h3-9,11-12H,10H2,1-2H3,(H,23,26). The SMILES string of the molecule is COc1ccc(-c2cn3c(CC(=O)Nc4ccccc4F)csc3n2)cc1OC. The number of para-hydroxylation sites is 1. The summed E-state index contributed by atoms with van der Waals surface area (Å²) in [4.78, 5) is 17.8. The maximum atomic E-state index is 13.7. The number of rotatable bonds is 6. The molecule has 0 aliphatic rings. The Hall–Kier alpha value is -3.39. The van der Waals surface area contributed by atoms with Gasteiger partial charge in [-0.2, -0.15) is 0 Å². The third-order valence-corrected chi connectivity index (χ3v) is 5.34. The maximum Gasteiger partial charge on any atom is 0.230 e. The van der Waals surface area contributed by atoms with Crippen LogP contribution in [-0.4, -0.2) is 29.5 Å². The van der Waals surface area contributed by atoms with E-state index in [0.717, 1.165) is 21.9 Å². The van der Waals surface area contributed by atoms with Gasteiger partial charge < -0.3 is 14.8 Å². The quantitative estimate of drug-likeness (QED) is 0.511. The Morgan fingerprint density at radius 3 is 2.72 bits per heavy atom. The largest absolute Gasteiger partial charge is 0.493 e. The van der Waals surface area contributed by atoms with Crippen LogP contribution in [0.5, 0.6) is 11.5 Å². The minimum absolute atomic E-state index is 0.107. The number of hydrogen-bond acceptors (Lipinski definition) is 5. The van der Waals surface area contributed by atoms with E-state index in [1.807, 2.05) is 34.2 Å². The molecule has 0 atom stereocenters. The molecule has 0 saturated heterocycles. The maximum absolute atomic E-state index is 13.7. The van der Waals surface area contributed by atoms with Gasteiger partial charge in [0.15, 0.2) is 16.5 Å². The number of amides is 1. The second-order valence-electron chi connectivity index (χ2n) is 6.28. The highest BCUT2D eigenvalue weighted by molar-refractivity contribution is 7.15. The van der Waals surface area contributed by atoms with E-state index >= 15 is 0 Å². The summed E-state index contributed by atoms with van der Waals surface area (Å²) < 4.78 is 26.2. The molecule has 148 valence electrons. The number of carbonyl (C=O) groups is 1. The van der Waals surface area contributed by atoms with Crippen molar-refractivity contribution in [3.63, 3.8) is 0 Å². The number of fused-ring (bicyclic) bond motifs is 1. The van der Waals surface area contributed by atoms with E-state index in [9.17, 15) is 9.18 Å². The highest BCUT2D eigenvalue weighted by atomic mass is 32.1. The molecule has 0 unspecified atom stereocenters. The van der Waals surface area contributed by atoms with Gasteiger partial charge in [-0.1, -0.05) is 12.1 Å². The molecule has 2 heterocycles. The number of anilines is 1. The number of carbonyl (C=O) groups excluding carboxylic acids is 1. The zero-order chi connectivity index (χ0) is 20.4. The molecule has 0 fully saturated rings. The second kappa shape index (κ2) is 7.92. The number of nitrogens with zero attached hydrogens (tertiary/aromatic N) is 2. The smallest absolute Gasteiger partial charge is 0.230 e. The number of aromatic nitrogens is 2. The predicted octanol–water partition coefficient (Wildman–Crippen LogP) is 4.40. The van der Waals surface area contributed by atoms with Crippen LogP contribution < -0.4 is 14.8 Å². The van der Waals surface area contributed by atoms with Crippen molar-refractivity contribution in [1.29, 1.82) is 0 Å². The lowest BCUT2D eigenvalue weighted by Crippen LogP contribution is -2.16. The van der Waals surface area contributed by atoms with Crippen LogP contribution in [0.4, 0.5) is 10.1 Å². The first-order valence-corrected chi connectivity index (χ1v) is 9.69. The predicted molar refractivity (Wildman–Crippen MR) is 110 cm³/mol. The summed E-state index contributed by atoms with van der Waals surface area (Å²) in [6, 6.07) is 11.7. The molecule has 0 aliphatic heterocycles. The number of thiazole rings is 1. The van der Waals surface area contributed by atoms with E-state index in [-0.39, 0.29) is 18.0 Å². The summed E-state index contributed by atoms with van der Waals surface area (Å²) in [6.07, 6.45) is 1.98. The van der Waals surface area contributed by atoms with Crippen LogP contribution in [0.25, 0.3) is 16.2 Å². The summed E-state index contributed by atoms with van der Waals surface area (Å²) >= 11 is 1.44. The van der Waals surface area contributed by atoms with E-state index in [4.69, 9.17) is 9.47 Å². The van der Waals surface area contributed by atoms with Gasteiger partial charge in [-0.25, -0.2) is 9.37 Å². The molecule has 0 bridgehead atoms. The zero-order valence-electron chi connectivity index (χ0n) is 15.8. The van der Waals surface area contributed by atoms with Gasteiger partial charge in [0, 0.05) is 22.8 Å². The first kappa shape index (κ1) is 18.9. The van der Waals surface area contributed by atoms with Crippen molar-refractivity contribution in [2.24, 2.45) is 0 Å². The number of nitrogens with one attached hydrogen (secondary N) is 1. The van der Waals surface area contributed by atoms with Gasteiger partial charge in [0.25, 0.3) is 0 Å². The van der Waals surface area contributed by atoms with Crippen molar-refractivity contribution < 1.29 is 18.7 Å². The topological polar surface area (TPSA) is 64.9 Å². The normalized spacial score (nSPS) is 10.9. The van der Waals surface area contributed by atoms with Gasteiger partial charge in [-0.05, 0) is 30.3 Å². The Labute approximate surface area is 170 Å². The van der Waals surface area contributed by atoms with Crippen molar-refractivity contribution in [3.8, 4) is 22.8 Å². The van der Waals surface area contributed by atoms with E-state index in [2.05, 4.69) is 10.3 Å². The minimum Gasteiger partial charge on any atom is -0.493 e. The number of halogens is 1. The highest BCUT2D eigenvalue weighted by Crippen LogP contribution is 2.32. The number of methoxy groups -OCH3 is 2. The summed E-state index contributed by atoms with van der Waals surface area (Å²) in [7, 11) is 3.17. The fraction of sp³-hybridized carbons (Fsp3) is 0.143. The molecule has 4 aromatic rings. The molecule has 2 aromatic carbocycles. The van der Waals surface area contributed by atoms with Crippen LogP contribution in [0.3, 0.4) is 0 Å². The first-order valence-electron chi connectivity index (χ1n) is 8.81. The molecule has 0 saturated carbocycles. The number of imidazole rings is 1. The summed E-state index contributed by atoms with van der Waals surface area (Å²) in [5, 5.41) is 4.48. The molecule has 2 aromatic heterocycles. The van der Waals surface area contributed by atoms with Gasteiger partial charge in [-0.3, -0.25) is 9.20 Å². The highest BCUT2D eigenvalue weighted by Gasteiger charge is 2.15.